The third kappa shape index (κ3) is 5.35. The van der Waals surface area contributed by atoms with Crippen LogP contribution in [0.3, 0.4) is 0 Å². The number of benzene rings is 2. The van der Waals surface area contributed by atoms with Crippen LogP contribution in [-0.4, -0.2) is 37.4 Å². The van der Waals surface area contributed by atoms with Gasteiger partial charge in [0, 0.05) is 24.2 Å². The van der Waals surface area contributed by atoms with Gasteiger partial charge in [0.15, 0.2) is 0 Å². The third-order valence-corrected chi connectivity index (χ3v) is 5.47. The van der Waals surface area contributed by atoms with Crippen LogP contribution in [0.25, 0.3) is 0 Å². The van der Waals surface area contributed by atoms with Gasteiger partial charge in [0.1, 0.15) is 11.8 Å². The molecule has 0 bridgehead atoms. The standard InChI is InChI=1S/C23H26ClN3O4/c1-14(2)21(26-22(29)15-6-9-17(31-3)10-7-15)23(30)25-16-8-11-19(18(24)13-16)27-12-4-5-20(27)28/h6-11,13-14,21H,4-5,12H2,1-3H3,(H,25,30)(H,26,29)/t21-/m1/s1. The zero-order chi connectivity index (χ0) is 22.5. The summed E-state index contributed by atoms with van der Waals surface area (Å²) in [7, 11) is 1.55. The Hall–Kier alpha value is -3.06. The number of hydrogen-bond acceptors (Lipinski definition) is 4. The van der Waals surface area contributed by atoms with Crippen LogP contribution in [0.4, 0.5) is 11.4 Å². The van der Waals surface area contributed by atoms with Crippen molar-refractivity contribution in [3.8, 4) is 5.75 Å². The maximum atomic E-state index is 12.9. The van der Waals surface area contributed by atoms with E-state index in [1.165, 1.54) is 0 Å². The van der Waals surface area contributed by atoms with Gasteiger partial charge >= 0.3 is 0 Å². The fourth-order valence-electron chi connectivity index (χ4n) is 3.43. The average molecular weight is 444 g/mol. The predicted octanol–water partition coefficient (Wildman–Crippen LogP) is 3.87. The molecule has 8 heteroatoms. The molecule has 2 aromatic carbocycles. The van der Waals surface area contributed by atoms with E-state index in [9.17, 15) is 14.4 Å². The van der Waals surface area contributed by atoms with Gasteiger partial charge < -0.3 is 20.3 Å². The molecule has 1 saturated heterocycles. The van der Waals surface area contributed by atoms with Gasteiger partial charge in [-0.15, -0.1) is 0 Å². The van der Waals surface area contributed by atoms with Crippen LogP contribution in [0, 0.1) is 5.92 Å². The van der Waals surface area contributed by atoms with Crippen LogP contribution in [0.2, 0.25) is 5.02 Å². The first kappa shape index (κ1) is 22.6. The van der Waals surface area contributed by atoms with Gasteiger partial charge in [0.25, 0.3) is 5.91 Å². The number of hydrogen-bond donors (Lipinski definition) is 2. The molecule has 1 fully saturated rings. The van der Waals surface area contributed by atoms with Crippen molar-refractivity contribution in [1.82, 2.24) is 5.32 Å². The molecule has 3 rings (SSSR count). The number of carbonyl (C=O) groups excluding carboxylic acids is 3. The van der Waals surface area contributed by atoms with E-state index in [2.05, 4.69) is 10.6 Å². The minimum Gasteiger partial charge on any atom is -0.497 e. The van der Waals surface area contributed by atoms with Crippen LogP contribution < -0.4 is 20.3 Å². The molecule has 0 aromatic heterocycles. The number of amides is 3. The fourth-order valence-corrected chi connectivity index (χ4v) is 3.71. The number of halogens is 1. The van der Waals surface area contributed by atoms with Crippen molar-refractivity contribution in [3.05, 3.63) is 53.1 Å². The Kier molecular flexibility index (Phi) is 7.17. The highest BCUT2D eigenvalue weighted by atomic mass is 35.5. The zero-order valence-corrected chi connectivity index (χ0v) is 18.5. The van der Waals surface area contributed by atoms with Gasteiger partial charge in [-0.05, 0) is 54.8 Å². The largest absolute Gasteiger partial charge is 0.497 e. The average Bonchev–Trinajstić information content (AvgIpc) is 3.17. The summed E-state index contributed by atoms with van der Waals surface area (Å²) in [6.45, 7) is 4.35. The minimum atomic E-state index is -0.742. The van der Waals surface area contributed by atoms with Gasteiger partial charge in [-0.1, -0.05) is 25.4 Å². The second kappa shape index (κ2) is 9.83. The summed E-state index contributed by atoms with van der Waals surface area (Å²) in [5.74, 6) is -0.153. The molecule has 0 aliphatic carbocycles. The van der Waals surface area contributed by atoms with Gasteiger partial charge in [-0.25, -0.2) is 0 Å². The predicted molar refractivity (Wildman–Crippen MR) is 121 cm³/mol. The van der Waals surface area contributed by atoms with E-state index in [0.29, 0.717) is 40.7 Å². The summed E-state index contributed by atoms with van der Waals surface area (Å²) in [5.41, 5.74) is 1.56. The molecule has 3 amide bonds. The van der Waals surface area contributed by atoms with E-state index in [0.717, 1.165) is 6.42 Å². The maximum absolute atomic E-state index is 12.9. The molecule has 0 saturated carbocycles. The molecule has 0 unspecified atom stereocenters. The SMILES string of the molecule is COc1ccc(C(=O)N[C@@H](C(=O)Nc2ccc(N3CCCC3=O)c(Cl)c2)C(C)C)cc1. The zero-order valence-electron chi connectivity index (χ0n) is 17.8. The van der Waals surface area contributed by atoms with Crippen LogP contribution >= 0.6 is 11.6 Å². The number of nitrogens with one attached hydrogen (secondary N) is 2. The van der Waals surface area contributed by atoms with Crippen LogP contribution in [-0.2, 0) is 9.59 Å². The highest BCUT2D eigenvalue weighted by Gasteiger charge is 2.26. The number of carbonyl (C=O) groups is 3. The highest BCUT2D eigenvalue weighted by Crippen LogP contribution is 2.31. The summed E-state index contributed by atoms with van der Waals surface area (Å²) in [5, 5.41) is 5.98. The molecule has 0 radical (unpaired) electrons. The molecule has 1 atom stereocenters. The number of ether oxygens (including phenoxy) is 1. The van der Waals surface area contributed by atoms with E-state index in [1.807, 2.05) is 13.8 Å². The second-order valence-electron chi connectivity index (χ2n) is 7.73. The number of rotatable bonds is 7. The fraction of sp³-hybridized carbons (Fsp3) is 0.348. The summed E-state index contributed by atoms with van der Waals surface area (Å²) >= 11 is 6.36. The lowest BCUT2D eigenvalue weighted by atomic mass is 10.0. The van der Waals surface area contributed by atoms with E-state index >= 15 is 0 Å². The summed E-state index contributed by atoms with van der Waals surface area (Å²) in [6, 6.07) is 11.0. The lowest BCUT2D eigenvalue weighted by Crippen LogP contribution is -2.47. The van der Waals surface area contributed by atoms with Crippen molar-refractivity contribution in [3.63, 3.8) is 0 Å². The summed E-state index contributed by atoms with van der Waals surface area (Å²) < 4.78 is 5.10. The quantitative estimate of drug-likeness (QED) is 0.680. The van der Waals surface area contributed by atoms with Gasteiger partial charge in [0.05, 0.1) is 17.8 Å². The molecular formula is C23H26ClN3O4. The first-order valence-electron chi connectivity index (χ1n) is 10.2. The molecule has 7 nitrogen and oxygen atoms in total. The van der Waals surface area contributed by atoms with E-state index < -0.39 is 6.04 Å². The smallest absolute Gasteiger partial charge is 0.251 e. The van der Waals surface area contributed by atoms with Gasteiger partial charge in [0.2, 0.25) is 11.8 Å². The summed E-state index contributed by atoms with van der Waals surface area (Å²) in [6.07, 6.45) is 1.32. The number of anilines is 2. The lowest BCUT2D eigenvalue weighted by molar-refractivity contribution is -0.119. The first-order chi connectivity index (χ1) is 14.8. The normalized spacial score (nSPS) is 14.5. The van der Waals surface area contributed by atoms with Crippen molar-refractivity contribution < 1.29 is 19.1 Å². The topological polar surface area (TPSA) is 87.7 Å². The molecule has 0 spiro atoms. The summed E-state index contributed by atoms with van der Waals surface area (Å²) in [4.78, 5) is 39.1. The van der Waals surface area contributed by atoms with Crippen molar-refractivity contribution in [2.45, 2.75) is 32.7 Å². The maximum Gasteiger partial charge on any atom is 0.251 e. The van der Waals surface area contributed by atoms with E-state index in [1.54, 1.807) is 54.5 Å². The van der Waals surface area contributed by atoms with Crippen molar-refractivity contribution in [2.75, 3.05) is 23.9 Å². The van der Waals surface area contributed by atoms with Crippen LogP contribution in [0.1, 0.15) is 37.0 Å². The Labute approximate surface area is 186 Å². The number of methoxy groups -OCH3 is 1. The molecule has 31 heavy (non-hydrogen) atoms. The van der Waals surface area contributed by atoms with Gasteiger partial charge in [-0.2, -0.15) is 0 Å². The molecule has 2 aromatic rings. The molecule has 1 aliphatic rings. The number of nitrogens with zero attached hydrogens (tertiary/aromatic N) is 1. The second-order valence-corrected chi connectivity index (χ2v) is 8.14. The molecule has 164 valence electrons. The van der Waals surface area contributed by atoms with Crippen molar-refractivity contribution in [2.24, 2.45) is 5.92 Å². The monoisotopic (exact) mass is 443 g/mol. The van der Waals surface area contributed by atoms with Gasteiger partial charge in [-0.3, -0.25) is 14.4 Å². The minimum absolute atomic E-state index is 0.0415. The highest BCUT2D eigenvalue weighted by molar-refractivity contribution is 6.34. The Morgan fingerprint density at radius 2 is 1.84 bits per heavy atom. The van der Waals surface area contributed by atoms with Crippen molar-refractivity contribution in [1.29, 1.82) is 0 Å². The Morgan fingerprint density at radius 1 is 1.13 bits per heavy atom. The Morgan fingerprint density at radius 3 is 2.39 bits per heavy atom. The molecule has 1 aliphatic heterocycles. The Bertz CT molecular complexity index is 975. The van der Waals surface area contributed by atoms with E-state index in [-0.39, 0.29) is 23.6 Å². The third-order valence-electron chi connectivity index (χ3n) is 5.17. The van der Waals surface area contributed by atoms with Crippen molar-refractivity contribution >= 4 is 40.7 Å². The first-order valence-corrected chi connectivity index (χ1v) is 10.5. The molecule has 2 N–H and O–H groups in total. The van der Waals surface area contributed by atoms with E-state index in [4.69, 9.17) is 16.3 Å². The Balaban J connectivity index is 1.69. The van der Waals surface area contributed by atoms with Crippen LogP contribution in [0.5, 0.6) is 5.75 Å². The lowest BCUT2D eigenvalue weighted by Gasteiger charge is -2.22. The van der Waals surface area contributed by atoms with Crippen LogP contribution in [0.15, 0.2) is 42.5 Å². The molecule has 1 heterocycles. The molecular weight excluding hydrogens is 418 g/mol.